The summed E-state index contributed by atoms with van der Waals surface area (Å²) in [5.74, 6) is 0.814. The number of nitrogens with zero attached hydrogens (tertiary/aromatic N) is 1. The van der Waals surface area contributed by atoms with Gasteiger partial charge in [-0.15, -0.1) is 0 Å². The molecule has 134 valence electrons. The van der Waals surface area contributed by atoms with Gasteiger partial charge in [0.2, 0.25) is 5.91 Å². The molecule has 1 aliphatic carbocycles. The van der Waals surface area contributed by atoms with Gasteiger partial charge in [-0.3, -0.25) is 4.79 Å². The monoisotopic (exact) mass is 359 g/mol. The maximum Gasteiger partial charge on any atom is 0.238 e. The van der Waals surface area contributed by atoms with Crippen LogP contribution in [0.15, 0.2) is 46.5 Å². The molecule has 1 aliphatic heterocycles. The molecule has 1 aromatic carbocycles. The highest BCUT2D eigenvalue weighted by Gasteiger charge is 2.31. The van der Waals surface area contributed by atoms with Crippen LogP contribution in [-0.4, -0.2) is 44.5 Å². The Kier molecular flexibility index (Phi) is 5.62. The SMILES string of the molecule is CNCC(=O)Nc1ccc(C2CN(C)CC3=C2CC(C)C=C3Cl)cc1. The third-order valence-electron chi connectivity index (χ3n) is 4.93. The number of benzene rings is 1. The topological polar surface area (TPSA) is 44.4 Å². The molecule has 0 saturated heterocycles. The summed E-state index contributed by atoms with van der Waals surface area (Å²) in [7, 11) is 3.91. The molecule has 0 saturated carbocycles. The van der Waals surface area contributed by atoms with Gasteiger partial charge in [-0.1, -0.05) is 42.3 Å². The van der Waals surface area contributed by atoms with E-state index in [2.05, 4.69) is 47.7 Å². The van der Waals surface area contributed by atoms with Gasteiger partial charge in [0.05, 0.1) is 6.54 Å². The molecule has 2 atom stereocenters. The molecule has 4 nitrogen and oxygen atoms in total. The summed E-state index contributed by atoms with van der Waals surface area (Å²) < 4.78 is 0. The molecule has 0 spiro atoms. The van der Waals surface area contributed by atoms with Gasteiger partial charge in [0.1, 0.15) is 0 Å². The van der Waals surface area contributed by atoms with Crippen molar-refractivity contribution in [2.24, 2.45) is 5.92 Å². The van der Waals surface area contributed by atoms with Gasteiger partial charge >= 0.3 is 0 Å². The number of carbonyl (C=O) groups is 1. The molecule has 5 heteroatoms. The maximum atomic E-state index is 11.7. The minimum atomic E-state index is -0.0318. The molecular weight excluding hydrogens is 334 g/mol. The number of allylic oxidation sites excluding steroid dienone is 1. The fourth-order valence-corrected chi connectivity index (χ4v) is 4.19. The molecule has 0 radical (unpaired) electrons. The number of rotatable bonds is 4. The van der Waals surface area contributed by atoms with Crippen LogP contribution in [0.25, 0.3) is 0 Å². The molecule has 2 N–H and O–H groups in total. The van der Waals surface area contributed by atoms with Crippen LogP contribution >= 0.6 is 11.6 Å². The van der Waals surface area contributed by atoms with Crippen molar-refractivity contribution in [2.45, 2.75) is 19.3 Å². The van der Waals surface area contributed by atoms with Crippen LogP contribution in [0, 0.1) is 5.92 Å². The maximum absolute atomic E-state index is 11.7. The summed E-state index contributed by atoms with van der Waals surface area (Å²) in [6, 6.07) is 8.23. The number of amides is 1. The Balaban J connectivity index is 1.84. The Morgan fingerprint density at radius 2 is 2.04 bits per heavy atom. The molecule has 1 amide bonds. The zero-order valence-electron chi connectivity index (χ0n) is 15.1. The predicted molar refractivity (Wildman–Crippen MR) is 104 cm³/mol. The summed E-state index contributed by atoms with van der Waals surface area (Å²) in [4.78, 5) is 14.0. The standard InChI is InChI=1S/C20H26ClN3O/c1-13-8-16-17(11-24(3)12-18(16)19(21)9-13)14-4-6-15(7-5-14)23-20(25)10-22-2/h4-7,9,13,17,22H,8,10-12H2,1-3H3,(H,23,25). The van der Waals surface area contributed by atoms with Crippen molar-refractivity contribution >= 4 is 23.2 Å². The lowest BCUT2D eigenvalue weighted by atomic mass is 9.77. The lowest BCUT2D eigenvalue weighted by Gasteiger charge is -2.38. The van der Waals surface area contributed by atoms with Crippen LogP contribution in [-0.2, 0) is 4.79 Å². The summed E-state index contributed by atoms with van der Waals surface area (Å²) >= 11 is 6.54. The van der Waals surface area contributed by atoms with Crippen molar-refractivity contribution in [2.75, 3.05) is 39.0 Å². The van der Waals surface area contributed by atoms with E-state index in [0.29, 0.717) is 18.4 Å². The molecule has 1 heterocycles. The number of likely N-dealkylation sites (N-methyl/N-ethyl adjacent to an activating group) is 2. The van der Waals surface area contributed by atoms with Crippen molar-refractivity contribution in [3.63, 3.8) is 0 Å². The van der Waals surface area contributed by atoms with Gasteiger partial charge in [0.15, 0.2) is 0 Å². The molecule has 0 bridgehead atoms. The fraction of sp³-hybridized carbons (Fsp3) is 0.450. The molecular formula is C20H26ClN3O. The van der Waals surface area contributed by atoms with Gasteiger partial charge < -0.3 is 15.5 Å². The van der Waals surface area contributed by atoms with Crippen LogP contribution in [0.2, 0.25) is 0 Å². The van der Waals surface area contributed by atoms with Crippen LogP contribution in [0.1, 0.15) is 24.8 Å². The van der Waals surface area contributed by atoms with Crippen LogP contribution < -0.4 is 10.6 Å². The van der Waals surface area contributed by atoms with Crippen molar-refractivity contribution in [1.29, 1.82) is 0 Å². The largest absolute Gasteiger partial charge is 0.325 e. The fourth-order valence-electron chi connectivity index (χ4n) is 3.79. The Hall–Kier alpha value is -1.62. The van der Waals surface area contributed by atoms with Crippen LogP contribution in [0.4, 0.5) is 5.69 Å². The highest BCUT2D eigenvalue weighted by Crippen LogP contribution is 2.42. The Morgan fingerprint density at radius 1 is 1.32 bits per heavy atom. The lowest BCUT2D eigenvalue weighted by Crippen LogP contribution is -2.35. The second-order valence-corrected chi connectivity index (χ2v) is 7.56. The normalized spacial score (nSPS) is 23.9. The van der Waals surface area contributed by atoms with E-state index >= 15 is 0 Å². The number of nitrogens with one attached hydrogen (secondary N) is 2. The van der Waals surface area contributed by atoms with E-state index in [4.69, 9.17) is 11.6 Å². The van der Waals surface area contributed by atoms with Gasteiger partial charge in [0, 0.05) is 29.7 Å². The molecule has 2 aliphatic rings. The van der Waals surface area contributed by atoms with E-state index in [1.54, 1.807) is 7.05 Å². The number of carbonyl (C=O) groups excluding carboxylic acids is 1. The van der Waals surface area contributed by atoms with Crippen LogP contribution in [0.5, 0.6) is 0 Å². The first-order chi connectivity index (χ1) is 12.0. The quantitative estimate of drug-likeness (QED) is 0.866. The minimum Gasteiger partial charge on any atom is -0.325 e. The minimum absolute atomic E-state index is 0.0318. The second kappa shape index (κ2) is 7.73. The first-order valence-electron chi connectivity index (χ1n) is 8.80. The first-order valence-corrected chi connectivity index (χ1v) is 9.18. The molecule has 2 unspecified atom stereocenters. The molecule has 25 heavy (non-hydrogen) atoms. The lowest BCUT2D eigenvalue weighted by molar-refractivity contribution is -0.115. The molecule has 0 fully saturated rings. The van der Waals surface area contributed by atoms with E-state index in [1.165, 1.54) is 16.7 Å². The predicted octanol–water partition coefficient (Wildman–Crippen LogP) is 3.33. The average molecular weight is 360 g/mol. The zero-order valence-corrected chi connectivity index (χ0v) is 15.9. The van der Waals surface area contributed by atoms with Gasteiger partial charge in [-0.05, 0) is 49.7 Å². The second-order valence-electron chi connectivity index (χ2n) is 7.15. The highest BCUT2D eigenvalue weighted by atomic mass is 35.5. The van der Waals surface area contributed by atoms with E-state index < -0.39 is 0 Å². The molecule has 1 aromatic rings. The summed E-state index contributed by atoms with van der Waals surface area (Å²) in [6.07, 6.45) is 3.25. The van der Waals surface area contributed by atoms with Crippen molar-refractivity contribution in [3.05, 3.63) is 52.1 Å². The summed E-state index contributed by atoms with van der Waals surface area (Å²) in [5.41, 5.74) is 4.89. The van der Waals surface area contributed by atoms with Crippen LogP contribution in [0.3, 0.4) is 0 Å². The third kappa shape index (κ3) is 4.14. The Morgan fingerprint density at radius 3 is 2.72 bits per heavy atom. The van der Waals surface area contributed by atoms with E-state index in [9.17, 15) is 4.79 Å². The van der Waals surface area contributed by atoms with Gasteiger partial charge in [-0.2, -0.15) is 0 Å². The van der Waals surface area contributed by atoms with Gasteiger partial charge in [-0.25, -0.2) is 0 Å². The Bertz CT molecular complexity index is 708. The number of halogens is 1. The Labute approximate surface area is 154 Å². The molecule has 0 aromatic heterocycles. The summed E-state index contributed by atoms with van der Waals surface area (Å²) in [6.45, 7) is 4.46. The first kappa shape index (κ1) is 18.2. The number of hydrogen-bond acceptors (Lipinski definition) is 3. The molecule has 3 rings (SSSR count). The van der Waals surface area contributed by atoms with Crippen molar-refractivity contribution in [3.8, 4) is 0 Å². The summed E-state index contributed by atoms with van der Waals surface area (Å²) in [5, 5.41) is 6.67. The van der Waals surface area contributed by atoms with Gasteiger partial charge in [0.25, 0.3) is 0 Å². The smallest absolute Gasteiger partial charge is 0.238 e. The van der Waals surface area contributed by atoms with E-state index in [-0.39, 0.29) is 5.91 Å². The number of hydrogen-bond donors (Lipinski definition) is 2. The highest BCUT2D eigenvalue weighted by molar-refractivity contribution is 6.32. The van der Waals surface area contributed by atoms with E-state index in [1.807, 2.05) is 12.1 Å². The van der Waals surface area contributed by atoms with E-state index in [0.717, 1.165) is 30.2 Å². The zero-order chi connectivity index (χ0) is 18.0. The third-order valence-corrected chi connectivity index (χ3v) is 5.28. The number of anilines is 1. The average Bonchev–Trinajstić information content (AvgIpc) is 2.56. The van der Waals surface area contributed by atoms with Crippen molar-refractivity contribution < 1.29 is 4.79 Å². The van der Waals surface area contributed by atoms with Crippen molar-refractivity contribution in [1.82, 2.24) is 10.2 Å².